The molecule has 1 aliphatic rings. The molecule has 0 amide bonds. The topological polar surface area (TPSA) is 38.8 Å². The minimum absolute atomic E-state index is 0.102. The number of ketones is 1. The number of aryl methyl sites for hydroxylation is 1. The van der Waals surface area contributed by atoms with E-state index in [2.05, 4.69) is 30.9 Å². The van der Waals surface area contributed by atoms with E-state index < -0.39 is 0 Å². The summed E-state index contributed by atoms with van der Waals surface area (Å²) in [5.74, 6) is 2.39. The molecule has 3 rings (SSSR count). The van der Waals surface area contributed by atoms with Gasteiger partial charge in [-0.25, -0.2) is 0 Å². The first-order valence-electron chi connectivity index (χ1n) is 11.2. The summed E-state index contributed by atoms with van der Waals surface area (Å²) in [6.45, 7) is 7.33. The summed E-state index contributed by atoms with van der Waals surface area (Å²) in [5, 5.41) is 0. The molecular formula is C26H35NO3. The molecule has 162 valence electrons. The van der Waals surface area contributed by atoms with E-state index in [4.69, 9.17) is 9.47 Å². The van der Waals surface area contributed by atoms with Crippen LogP contribution in [-0.4, -0.2) is 44.0 Å². The van der Waals surface area contributed by atoms with Crippen LogP contribution in [0.4, 0.5) is 0 Å². The van der Waals surface area contributed by atoms with E-state index in [1.807, 2.05) is 36.4 Å². The van der Waals surface area contributed by atoms with Crippen LogP contribution in [0.5, 0.6) is 11.5 Å². The fraction of sp³-hybridized carbons (Fsp3) is 0.500. The van der Waals surface area contributed by atoms with Crippen LogP contribution < -0.4 is 9.47 Å². The van der Waals surface area contributed by atoms with E-state index in [-0.39, 0.29) is 5.92 Å². The van der Waals surface area contributed by atoms with Gasteiger partial charge in [0.1, 0.15) is 11.5 Å². The summed E-state index contributed by atoms with van der Waals surface area (Å²) in [6.07, 6.45) is 4.10. The molecule has 30 heavy (non-hydrogen) atoms. The Labute approximate surface area is 181 Å². The van der Waals surface area contributed by atoms with Gasteiger partial charge in [0.15, 0.2) is 5.78 Å². The molecule has 0 saturated carbocycles. The number of carbonyl (C=O) groups is 1. The number of rotatable bonds is 10. The maximum atomic E-state index is 13.3. The van der Waals surface area contributed by atoms with Crippen LogP contribution in [0.25, 0.3) is 0 Å². The number of methoxy groups -OCH3 is 1. The van der Waals surface area contributed by atoms with Crippen LogP contribution in [0.15, 0.2) is 48.5 Å². The van der Waals surface area contributed by atoms with Crippen LogP contribution in [0, 0.1) is 12.8 Å². The maximum Gasteiger partial charge on any atom is 0.154 e. The Morgan fingerprint density at radius 2 is 1.93 bits per heavy atom. The molecule has 2 unspecified atom stereocenters. The lowest BCUT2D eigenvalue weighted by molar-refractivity contribution is -0.122. The lowest BCUT2D eigenvalue weighted by Crippen LogP contribution is -2.41. The number of para-hydroxylation sites is 1. The highest BCUT2D eigenvalue weighted by Gasteiger charge is 2.27. The molecule has 0 spiro atoms. The molecule has 2 aromatic carbocycles. The van der Waals surface area contributed by atoms with Crippen molar-refractivity contribution in [2.24, 2.45) is 5.92 Å². The zero-order valence-corrected chi connectivity index (χ0v) is 18.6. The average molecular weight is 410 g/mol. The molecule has 2 atom stereocenters. The van der Waals surface area contributed by atoms with Crippen LogP contribution in [0.1, 0.15) is 49.7 Å². The maximum absolute atomic E-state index is 13.3. The number of ether oxygens (including phenoxy) is 2. The molecule has 4 nitrogen and oxygen atoms in total. The van der Waals surface area contributed by atoms with Gasteiger partial charge in [-0.1, -0.05) is 49.2 Å². The summed E-state index contributed by atoms with van der Waals surface area (Å²) < 4.78 is 11.5. The number of Topliss-reactive ketones (excluding diaryl/α,β-unsaturated/α-hetero) is 1. The third kappa shape index (κ3) is 6.09. The van der Waals surface area contributed by atoms with Crippen molar-refractivity contribution < 1.29 is 14.3 Å². The highest BCUT2D eigenvalue weighted by Crippen LogP contribution is 2.31. The zero-order valence-electron chi connectivity index (χ0n) is 18.6. The Bertz CT molecular complexity index is 802. The van der Waals surface area contributed by atoms with Gasteiger partial charge in [0, 0.05) is 23.9 Å². The molecule has 0 radical (unpaired) electrons. The highest BCUT2D eigenvalue weighted by molar-refractivity contribution is 5.88. The number of hydrogen-bond acceptors (Lipinski definition) is 4. The van der Waals surface area contributed by atoms with Crippen molar-refractivity contribution in [3.63, 3.8) is 0 Å². The van der Waals surface area contributed by atoms with E-state index in [0.29, 0.717) is 24.9 Å². The normalized spacial score (nSPS) is 18.0. The minimum atomic E-state index is -0.102. The summed E-state index contributed by atoms with van der Waals surface area (Å²) in [5.41, 5.74) is 2.25. The molecule has 2 aromatic rings. The Hall–Kier alpha value is -2.33. The predicted molar refractivity (Wildman–Crippen MR) is 121 cm³/mol. The zero-order chi connectivity index (χ0) is 21.3. The van der Waals surface area contributed by atoms with Crippen molar-refractivity contribution in [2.45, 2.75) is 45.4 Å². The van der Waals surface area contributed by atoms with E-state index in [1.165, 1.54) is 5.56 Å². The quantitative estimate of drug-likeness (QED) is 0.537. The van der Waals surface area contributed by atoms with Crippen molar-refractivity contribution in [3.05, 3.63) is 59.7 Å². The van der Waals surface area contributed by atoms with Crippen molar-refractivity contribution in [1.29, 1.82) is 0 Å². The second-order valence-electron chi connectivity index (χ2n) is 8.42. The summed E-state index contributed by atoms with van der Waals surface area (Å²) in [4.78, 5) is 15.6. The van der Waals surface area contributed by atoms with Crippen LogP contribution in [0.3, 0.4) is 0 Å². The first-order valence-corrected chi connectivity index (χ1v) is 11.2. The number of hydrogen-bond donors (Lipinski definition) is 0. The van der Waals surface area contributed by atoms with Gasteiger partial charge in [0.05, 0.1) is 20.3 Å². The van der Waals surface area contributed by atoms with Gasteiger partial charge in [0.25, 0.3) is 0 Å². The molecular weight excluding hydrogens is 374 g/mol. The fourth-order valence-electron chi connectivity index (χ4n) is 4.34. The van der Waals surface area contributed by atoms with Gasteiger partial charge >= 0.3 is 0 Å². The third-order valence-electron chi connectivity index (χ3n) is 5.97. The van der Waals surface area contributed by atoms with Gasteiger partial charge in [-0.05, 0) is 50.9 Å². The standard InChI is InChI=1S/C26H35NO3/c1-4-8-23(24-10-5-6-11-26(24)29-3)25(28)18-27-16-7-9-21(17-27)19-30-22-14-12-20(2)13-15-22/h5-6,10-15,21,23H,4,7-9,16-19H2,1-3H3. The van der Waals surface area contributed by atoms with Gasteiger partial charge in [0.2, 0.25) is 0 Å². The van der Waals surface area contributed by atoms with Gasteiger partial charge in [-0.3, -0.25) is 9.69 Å². The van der Waals surface area contributed by atoms with Crippen LogP contribution in [0.2, 0.25) is 0 Å². The monoisotopic (exact) mass is 409 g/mol. The number of piperidine rings is 1. The second kappa shape index (κ2) is 11.2. The van der Waals surface area contributed by atoms with Gasteiger partial charge in [-0.2, -0.15) is 0 Å². The summed E-state index contributed by atoms with van der Waals surface area (Å²) in [6, 6.07) is 16.1. The third-order valence-corrected chi connectivity index (χ3v) is 5.97. The van der Waals surface area contributed by atoms with Crippen molar-refractivity contribution in [2.75, 3.05) is 33.4 Å². The highest BCUT2D eigenvalue weighted by atomic mass is 16.5. The molecule has 0 aromatic heterocycles. The molecule has 1 saturated heterocycles. The number of benzene rings is 2. The molecule has 0 aliphatic carbocycles. The summed E-state index contributed by atoms with van der Waals surface area (Å²) in [7, 11) is 1.68. The van der Waals surface area contributed by atoms with E-state index >= 15 is 0 Å². The molecule has 4 heteroatoms. The largest absolute Gasteiger partial charge is 0.496 e. The SMILES string of the molecule is CCCC(C(=O)CN1CCCC(COc2ccc(C)cc2)C1)c1ccccc1OC. The van der Waals surface area contributed by atoms with Gasteiger partial charge in [-0.15, -0.1) is 0 Å². The lowest BCUT2D eigenvalue weighted by atomic mass is 9.89. The predicted octanol–water partition coefficient (Wildman–Crippen LogP) is 5.25. The van der Waals surface area contributed by atoms with Crippen LogP contribution >= 0.6 is 0 Å². The Morgan fingerprint density at radius 1 is 1.17 bits per heavy atom. The average Bonchev–Trinajstić information content (AvgIpc) is 2.77. The molecule has 1 aliphatic heterocycles. The Kier molecular flexibility index (Phi) is 8.32. The Balaban J connectivity index is 1.58. The van der Waals surface area contributed by atoms with Crippen molar-refractivity contribution in [1.82, 2.24) is 4.90 Å². The van der Waals surface area contributed by atoms with Crippen molar-refractivity contribution in [3.8, 4) is 11.5 Å². The van der Waals surface area contributed by atoms with E-state index in [0.717, 1.165) is 55.8 Å². The summed E-state index contributed by atoms with van der Waals surface area (Å²) >= 11 is 0. The first kappa shape index (κ1) is 22.4. The number of likely N-dealkylation sites (tertiary alicyclic amines) is 1. The van der Waals surface area contributed by atoms with Gasteiger partial charge < -0.3 is 9.47 Å². The number of nitrogens with zero attached hydrogens (tertiary/aromatic N) is 1. The molecule has 1 heterocycles. The second-order valence-corrected chi connectivity index (χ2v) is 8.42. The first-order chi connectivity index (χ1) is 14.6. The molecule has 0 N–H and O–H groups in total. The lowest BCUT2D eigenvalue weighted by Gasteiger charge is -2.33. The van der Waals surface area contributed by atoms with E-state index in [9.17, 15) is 4.79 Å². The van der Waals surface area contributed by atoms with E-state index in [1.54, 1.807) is 7.11 Å². The Morgan fingerprint density at radius 3 is 2.67 bits per heavy atom. The smallest absolute Gasteiger partial charge is 0.154 e. The number of carbonyl (C=O) groups excluding carboxylic acids is 1. The van der Waals surface area contributed by atoms with Crippen molar-refractivity contribution >= 4 is 5.78 Å². The molecule has 1 fully saturated rings. The fourth-order valence-corrected chi connectivity index (χ4v) is 4.34. The minimum Gasteiger partial charge on any atom is -0.496 e. The van der Waals surface area contributed by atoms with Crippen LogP contribution in [-0.2, 0) is 4.79 Å². The molecule has 0 bridgehead atoms.